The van der Waals surface area contributed by atoms with Crippen LogP contribution < -0.4 is 0 Å². The maximum Gasteiger partial charge on any atom is 0.252 e. The number of amides is 1. The average Bonchev–Trinajstić information content (AvgIpc) is 3.09. The molecule has 1 aliphatic heterocycles. The fraction of sp³-hybridized carbons (Fsp3) is 0.474. The molecular weight excluding hydrogens is 316 g/mol. The molecule has 3 rings (SSSR count). The summed E-state index contributed by atoms with van der Waals surface area (Å²) >= 11 is 0. The van der Waals surface area contributed by atoms with Gasteiger partial charge in [-0.15, -0.1) is 0 Å². The van der Waals surface area contributed by atoms with Gasteiger partial charge in [-0.3, -0.25) is 14.4 Å². The van der Waals surface area contributed by atoms with Crippen molar-refractivity contribution < 1.29 is 9.90 Å². The van der Waals surface area contributed by atoms with Gasteiger partial charge in [0.25, 0.3) is 5.91 Å². The van der Waals surface area contributed by atoms with Crippen molar-refractivity contribution in [3.05, 3.63) is 54.4 Å². The lowest BCUT2D eigenvalue weighted by molar-refractivity contribution is -0.135. The van der Waals surface area contributed by atoms with E-state index in [0.29, 0.717) is 19.6 Å². The van der Waals surface area contributed by atoms with Crippen LogP contribution in [-0.4, -0.2) is 68.9 Å². The standard InChI is InChI=1S/C19H26N4O2/c1-19(2,25)15-21-11-13-22(14-12-21)18(24)17(23-10-6-9-20-23)16-7-4-3-5-8-16/h3-10,17,25H,11-15H2,1-2H3/t17-/m1/s1. The molecule has 1 saturated heterocycles. The first kappa shape index (κ1) is 17.6. The van der Waals surface area contributed by atoms with Crippen LogP contribution in [0.15, 0.2) is 48.8 Å². The van der Waals surface area contributed by atoms with Gasteiger partial charge in [-0.2, -0.15) is 5.10 Å². The number of hydrogen-bond donors (Lipinski definition) is 1. The molecule has 1 fully saturated rings. The van der Waals surface area contributed by atoms with Crippen molar-refractivity contribution in [2.75, 3.05) is 32.7 Å². The summed E-state index contributed by atoms with van der Waals surface area (Å²) in [6, 6.07) is 11.2. The normalized spacial score (nSPS) is 17.5. The Balaban J connectivity index is 1.72. The second-order valence-electron chi connectivity index (χ2n) is 7.21. The lowest BCUT2D eigenvalue weighted by Gasteiger charge is -2.38. The maximum atomic E-state index is 13.2. The summed E-state index contributed by atoms with van der Waals surface area (Å²) in [7, 11) is 0. The molecule has 0 saturated carbocycles. The van der Waals surface area contributed by atoms with Gasteiger partial charge in [0.2, 0.25) is 0 Å². The molecule has 1 amide bonds. The Hall–Kier alpha value is -2.18. The first-order chi connectivity index (χ1) is 11.9. The van der Waals surface area contributed by atoms with Crippen molar-refractivity contribution in [3.63, 3.8) is 0 Å². The van der Waals surface area contributed by atoms with Gasteiger partial charge in [0.1, 0.15) is 0 Å². The summed E-state index contributed by atoms with van der Waals surface area (Å²) in [5.74, 6) is 0.0674. The van der Waals surface area contributed by atoms with E-state index in [1.807, 2.05) is 61.3 Å². The van der Waals surface area contributed by atoms with Crippen LogP contribution in [0.4, 0.5) is 0 Å². The number of hydrogen-bond acceptors (Lipinski definition) is 4. The van der Waals surface area contributed by atoms with Crippen LogP contribution in [0, 0.1) is 0 Å². The molecule has 1 aromatic heterocycles. The van der Waals surface area contributed by atoms with Gasteiger partial charge in [0.05, 0.1) is 5.60 Å². The van der Waals surface area contributed by atoms with E-state index in [4.69, 9.17) is 0 Å². The van der Waals surface area contributed by atoms with Crippen molar-refractivity contribution in [1.82, 2.24) is 19.6 Å². The Morgan fingerprint density at radius 1 is 1.16 bits per heavy atom. The van der Waals surface area contributed by atoms with Gasteiger partial charge >= 0.3 is 0 Å². The van der Waals surface area contributed by atoms with Gasteiger partial charge in [-0.25, -0.2) is 0 Å². The summed E-state index contributed by atoms with van der Waals surface area (Å²) in [6.45, 7) is 7.13. The lowest BCUT2D eigenvalue weighted by Crippen LogP contribution is -2.53. The smallest absolute Gasteiger partial charge is 0.252 e. The second kappa shape index (κ2) is 7.37. The van der Waals surface area contributed by atoms with Crippen molar-refractivity contribution in [1.29, 1.82) is 0 Å². The third-order valence-electron chi connectivity index (χ3n) is 4.43. The van der Waals surface area contributed by atoms with Crippen LogP contribution in [0.1, 0.15) is 25.5 Å². The maximum absolute atomic E-state index is 13.2. The molecule has 1 atom stereocenters. The first-order valence-corrected chi connectivity index (χ1v) is 8.72. The van der Waals surface area contributed by atoms with Crippen molar-refractivity contribution in [3.8, 4) is 0 Å². The quantitative estimate of drug-likeness (QED) is 0.892. The fourth-order valence-corrected chi connectivity index (χ4v) is 3.32. The zero-order valence-electron chi connectivity index (χ0n) is 14.9. The Labute approximate surface area is 148 Å². The van der Waals surface area contributed by atoms with E-state index >= 15 is 0 Å². The zero-order valence-corrected chi connectivity index (χ0v) is 14.9. The lowest BCUT2D eigenvalue weighted by atomic mass is 10.0. The molecule has 2 heterocycles. The molecule has 0 spiro atoms. The van der Waals surface area contributed by atoms with Gasteiger partial charge in [-0.1, -0.05) is 30.3 Å². The molecule has 0 aliphatic carbocycles. The van der Waals surface area contributed by atoms with Crippen LogP contribution in [0.25, 0.3) is 0 Å². The third kappa shape index (κ3) is 4.46. The Morgan fingerprint density at radius 3 is 2.40 bits per heavy atom. The van der Waals surface area contributed by atoms with E-state index in [1.54, 1.807) is 10.9 Å². The number of rotatable bonds is 5. The van der Waals surface area contributed by atoms with Crippen LogP contribution >= 0.6 is 0 Å². The Morgan fingerprint density at radius 2 is 1.84 bits per heavy atom. The van der Waals surface area contributed by atoms with E-state index in [0.717, 1.165) is 18.7 Å². The average molecular weight is 342 g/mol. The molecular formula is C19H26N4O2. The van der Waals surface area contributed by atoms with E-state index in [-0.39, 0.29) is 5.91 Å². The highest BCUT2D eigenvalue weighted by Gasteiger charge is 2.31. The van der Waals surface area contributed by atoms with Crippen molar-refractivity contribution in [2.24, 2.45) is 0 Å². The number of nitrogens with zero attached hydrogens (tertiary/aromatic N) is 4. The molecule has 0 radical (unpaired) electrons. The highest BCUT2D eigenvalue weighted by atomic mass is 16.3. The minimum Gasteiger partial charge on any atom is -0.389 e. The second-order valence-corrected chi connectivity index (χ2v) is 7.21. The van der Waals surface area contributed by atoms with Crippen LogP contribution in [0.3, 0.4) is 0 Å². The van der Waals surface area contributed by atoms with E-state index in [9.17, 15) is 9.90 Å². The van der Waals surface area contributed by atoms with Crippen molar-refractivity contribution >= 4 is 5.91 Å². The summed E-state index contributed by atoms with van der Waals surface area (Å²) in [5.41, 5.74) is 0.225. The highest BCUT2D eigenvalue weighted by molar-refractivity contribution is 5.83. The first-order valence-electron chi connectivity index (χ1n) is 8.72. The van der Waals surface area contributed by atoms with Gasteiger partial charge in [0, 0.05) is 45.1 Å². The van der Waals surface area contributed by atoms with E-state index < -0.39 is 11.6 Å². The minimum atomic E-state index is -0.714. The molecule has 2 aromatic rings. The summed E-state index contributed by atoms with van der Waals surface area (Å²) < 4.78 is 1.72. The number of carbonyl (C=O) groups excluding carboxylic acids is 1. The molecule has 1 N–H and O–H groups in total. The highest BCUT2D eigenvalue weighted by Crippen LogP contribution is 2.21. The van der Waals surface area contributed by atoms with E-state index in [1.165, 1.54) is 0 Å². The van der Waals surface area contributed by atoms with Gasteiger partial charge < -0.3 is 10.0 Å². The molecule has 1 aliphatic rings. The van der Waals surface area contributed by atoms with Crippen LogP contribution in [-0.2, 0) is 4.79 Å². The van der Waals surface area contributed by atoms with Crippen molar-refractivity contribution in [2.45, 2.75) is 25.5 Å². The van der Waals surface area contributed by atoms with Gasteiger partial charge in [-0.05, 0) is 25.5 Å². The number of benzene rings is 1. The largest absolute Gasteiger partial charge is 0.389 e. The fourth-order valence-electron chi connectivity index (χ4n) is 3.32. The SMILES string of the molecule is CC(C)(O)CN1CCN(C(=O)[C@@H](c2ccccc2)n2cccn2)CC1. The predicted molar refractivity (Wildman–Crippen MR) is 96.1 cm³/mol. The molecule has 0 bridgehead atoms. The monoisotopic (exact) mass is 342 g/mol. The zero-order chi connectivity index (χ0) is 17.9. The Bertz CT molecular complexity index is 671. The third-order valence-corrected chi connectivity index (χ3v) is 4.43. The molecule has 6 nitrogen and oxygen atoms in total. The van der Waals surface area contributed by atoms with Gasteiger partial charge in [0.15, 0.2) is 6.04 Å². The molecule has 6 heteroatoms. The number of carbonyl (C=O) groups is 1. The minimum absolute atomic E-state index is 0.0674. The topological polar surface area (TPSA) is 61.6 Å². The summed E-state index contributed by atoms with van der Waals surface area (Å²) in [5, 5.41) is 14.3. The summed E-state index contributed by atoms with van der Waals surface area (Å²) in [6.07, 6.45) is 3.53. The van der Waals surface area contributed by atoms with Crippen LogP contribution in [0.5, 0.6) is 0 Å². The number of piperazine rings is 1. The molecule has 134 valence electrons. The predicted octanol–water partition coefficient (Wildman–Crippen LogP) is 1.39. The molecule has 1 aromatic carbocycles. The molecule has 25 heavy (non-hydrogen) atoms. The Kier molecular flexibility index (Phi) is 5.20. The van der Waals surface area contributed by atoms with Crippen LogP contribution in [0.2, 0.25) is 0 Å². The number of aliphatic hydroxyl groups is 1. The summed E-state index contributed by atoms with van der Waals surface area (Å²) in [4.78, 5) is 17.3. The number of β-amino-alcohol motifs (C(OH)–C–C–N with tert-alkyl or cyclic N) is 1. The number of aromatic nitrogens is 2. The molecule has 0 unspecified atom stereocenters. The van der Waals surface area contributed by atoms with E-state index in [2.05, 4.69) is 10.00 Å².